The van der Waals surface area contributed by atoms with Gasteiger partial charge in [-0.2, -0.15) is 13.2 Å². The van der Waals surface area contributed by atoms with Crippen LogP contribution in [0.5, 0.6) is 5.88 Å². The Balaban J connectivity index is 1.25. The Labute approximate surface area is 207 Å². The number of nitrogens with zero attached hydrogens (tertiary/aromatic N) is 6. The summed E-state index contributed by atoms with van der Waals surface area (Å²) in [5, 5.41) is 11.5. The summed E-state index contributed by atoms with van der Waals surface area (Å²) in [6.45, 7) is -0.364. The smallest absolute Gasteiger partial charge is 0.417 e. The molecule has 0 atom stereocenters. The van der Waals surface area contributed by atoms with Gasteiger partial charge in [-0.15, -0.1) is 0 Å². The van der Waals surface area contributed by atoms with Crippen molar-refractivity contribution in [1.82, 2.24) is 19.9 Å². The number of hydrogen-bond acceptors (Lipinski definition) is 8. The van der Waals surface area contributed by atoms with Crippen LogP contribution in [0, 0.1) is 10.1 Å². The molecule has 2 aromatic heterocycles. The number of urea groups is 1. The third kappa shape index (κ3) is 4.73. The molecule has 11 nitrogen and oxygen atoms in total. The summed E-state index contributed by atoms with van der Waals surface area (Å²) in [6, 6.07) is 3.88. The van der Waals surface area contributed by atoms with E-state index in [1.165, 1.54) is 24.5 Å². The number of ether oxygens (including phenoxy) is 1. The Hall–Kier alpha value is -4.36. The van der Waals surface area contributed by atoms with Crippen molar-refractivity contribution in [2.24, 2.45) is 0 Å². The maximum Gasteiger partial charge on any atom is 0.417 e. The van der Waals surface area contributed by atoms with E-state index in [4.69, 9.17) is 4.74 Å². The number of hydrogen-bond donors (Lipinski definition) is 0. The molecule has 14 heteroatoms. The minimum atomic E-state index is -4.63. The van der Waals surface area contributed by atoms with E-state index in [9.17, 15) is 32.9 Å². The number of carbonyl (C=O) groups excluding carboxylic acids is 2. The molecule has 3 aromatic rings. The molecule has 1 aliphatic carbocycles. The summed E-state index contributed by atoms with van der Waals surface area (Å²) in [6.07, 6.45) is -0.0139. The molecular formula is C23H19F3N6O5. The molecule has 1 aliphatic heterocycles. The van der Waals surface area contributed by atoms with Gasteiger partial charge in [-0.25, -0.2) is 14.8 Å². The van der Waals surface area contributed by atoms with Crippen molar-refractivity contribution in [2.45, 2.75) is 44.0 Å². The molecule has 37 heavy (non-hydrogen) atoms. The largest absolute Gasteiger partial charge is 0.474 e. The van der Waals surface area contributed by atoms with Gasteiger partial charge in [-0.1, -0.05) is 0 Å². The fourth-order valence-corrected chi connectivity index (χ4v) is 4.62. The highest BCUT2D eigenvalue weighted by molar-refractivity contribution is 6.12. The van der Waals surface area contributed by atoms with E-state index < -0.39 is 34.6 Å². The zero-order valence-corrected chi connectivity index (χ0v) is 19.1. The monoisotopic (exact) mass is 516 g/mol. The highest BCUT2D eigenvalue weighted by atomic mass is 19.4. The Kier molecular flexibility index (Phi) is 6.09. The number of benzene rings is 1. The van der Waals surface area contributed by atoms with Gasteiger partial charge < -0.3 is 4.74 Å². The van der Waals surface area contributed by atoms with Gasteiger partial charge in [0.15, 0.2) is 0 Å². The number of non-ortho nitro benzene ring substituents is 1. The van der Waals surface area contributed by atoms with Crippen molar-refractivity contribution in [3.8, 4) is 5.88 Å². The first-order chi connectivity index (χ1) is 17.6. The quantitative estimate of drug-likeness (QED) is 0.281. The molecule has 5 rings (SSSR count). The fourth-order valence-electron chi connectivity index (χ4n) is 4.62. The first kappa shape index (κ1) is 24.3. The van der Waals surface area contributed by atoms with Crippen LogP contribution in [0.15, 0.2) is 43.0 Å². The molecule has 1 saturated heterocycles. The lowest BCUT2D eigenvalue weighted by molar-refractivity contribution is -0.384. The summed E-state index contributed by atoms with van der Waals surface area (Å²) >= 11 is 0. The van der Waals surface area contributed by atoms with Crippen LogP contribution in [0.1, 0.15) is 31.2 Å². The first-order valence-electron chi connectivity index (χ1n) is 11.3. The first-order valence-corrected chi connectivity index (χ1v) is 11.3. The van der Waals surface area contributed by atoms with E-state index in [-0.39, 0.29) is 29.9 Å². The molecule has 0 spiro atoms. The van der Waals surface area contributed by atoms with Crippen LogP contribution in [0.25, 0.3) is 10.9 Å². The van der Waals surface area contributed by atoms with Crippen LogP contribution in [0.3, 0.4) is 0 Å². The van der Waals surface area contributed by atoms with Gasteiger partial charge in [0.25, 0.3) is 11.6 Å². The van der Waals surface area contributed by atoms with Crippen molar-refractivity contribution in [2.75, 3.05) is 11.4 Å². The van der Waals surface area contributed by atoms with Crippen LogP contribution in [-0.2, 0) is 11.0 Å². The second-order valence-electron chi connectivity index (χ2n) is 8.75. The number of nitro benzene ring substituents is 1. The van der Waals surface area contributed by atoms with Crippen LogP contribution in [0.4, 0.5) is 29.3 Å². The van der Waals surface area contributed by atoms with E-state index in [2.05, 4.69) is 15.0 Å². The maximum absolute atomic E-state index is 13.1. The van der Waals surface area contributed by atoms with Crippen LogP contribution in [-0.4, -0.2) is 55.4 Å². The third-order valence-electron chi connectivity index (χ3n) is 6.44. The predicted molar refractivity (Wildman–Crippen MR) is 122 cm³/mol. The van der Waals surface area contributed by atoms with Crippen LogP contribution in [0.2, 0.25) is 0 Å². The van der Waals surface area contributed by atoms with Gasteiger partial charge in [0.1, 0.15) is 19.0 Å². The number of alkyl halides is 3. The number of aromatic nitrogens is 3. The summed E-state index contributed by atoms with van der Waals surface area (Å²) in [4.78, 5) is 50.1. The second kappa shape index (κ2) is 9.26. The predicted octanol–water partition coefficient (Wildman–Crippen LogP) is 4.11. The van der Waals surface area contributed by atoms with Gasteiger partial charge in [-0.3, -0.25) is 29.7 Å². The molecule has 2 fully saturated rings. The number of nitro groups is 1. The lowest BCUT2D eigenvalue weighted by Crippen LogP contribution is -2.44. The van der Waals surface area contributed by atoms with Gasteiger partial charge in [0.05, 0.1) is 33.3 Å². The van der Waals surface area contributed by atoms with E-state index >= 15 is 0 Å². The molecule has 3 amide bonds. The minimum Gasteiger partial charge on any atom is -0.474 e. The lowest BCUT2D eigenvalue weighted by Gasteiger charge is -2.33. The summed E-state index contributed by atoms with van der Waals surface area (Å²) < 4.78 is 45.2. The molecular weight excluding hydrogens is 497 g/mol. The van der Waals surface area contributed by atoms with E-state index in [1.807, 2.05) is 0 Å². The molecule has 1 aromatic carbocycles. The minimum absolute atomic E-state index is 0.0939. The molecule has 0 radical (unpaired) electrons. The maximum atomic E-state index is 13.1. The molecule has 0 bridgehead atoms. The average molecular weight is 516 g/mol. The SMILES string of the molecule is O=C1CN(c2cncc(C(F)(F)F)c2)C(=O)N1[C@H]1CC[C@H](Oc2ncnc3cc([N+](=O)[O-])ccc23)CC1. The Morgan fingerprint density at radius 3 is 2.51 bits per heavy atom. The number of carbonyl (C=O) groups is 2. The second-order valence-corrected chi connectivity index (χ2v) is 8.75. The molecule has 0 unspecified atom stereocenters. The molecule has 1 saturated carbocycles. The summed E-state index contributed by atoms with van der Waals surface area (Å²) in [5.41, 5.74) is -0.838. The topological polar surface area (TPSA) is 132 Å². The van der Waals surface area contributed by atoms with Gasteiger partial charge in [0, 0.05) is 24.4 Å². The molecule has 2 aliphatic rings. The van der Waals surface area contributed by atoms with Crippen molar-refractivity contribution < 1.29 is 32.4 Å². The van der Waals surface area contributed by atoms with E-state index in [1.54, 1.807) is 0 Å². The zero-order valence-electron chi connectivity index (χ0n) is 19.1. The third-order valence-corrected chi connectivity index (χ3v) is 6.44. The molecule has 192 valence electrons. The van der Waals surface area contributed by atoms with E-state index in [0.717, 1.165) is 22.1 Å². The normalized spacial score (nSPS) is 20.5. The van der Waals surface area contributed by atoms with Crippen molar-refractivity contribution in [3.05, 3.63) is 58.7 Å². The van der Waals surface area contributed by atoms with Crippen molar-refractivity contribution in [3.63, 3.8) is 0 Å². The lowest BCUT2D eigenvalue weighted by atomic mass is 9.92. The average Bonchev–Trinajstić information content (AvgIpc) is 3.17. The number of halogens is 3. The summed E-state index contributed by atoms with van der Waals surface area (Å²) in [7, 11) is 0. The van der Waals surface area contributed by atoms with Crippen LogP contribution < -0.4 is 9.64 Å². The van der Waals surface area contributed by atoms with Crippen molar-refractivity contribution in [1.29, 1.82) is 0 Å². The number of pyridine rings is 1. The molecule has 0 N–H and O–H groups in total. The van der Waals surface area contributed by atoms with Gasteiger partial charge in [0.2, 0.25) is 5.88 Å². The number of amides is 3. The number of anilines is 1. The highest BCUT2D eigenvalue weighted by Gasteiger charge is 2.43. The number of imide groups is 1. The Bertz CT molecular complexity index is 1390. The fraction of sp³-hybridized carbons (Fsp3) is 0.348. The summed E-state index contributed by atoms with van der Waals surface area (Å²) in [5.74, 6) is -0.213. The number of fused-ring (bicyclic) bond motifs is 1. The Morgan fingerprint density at radius 2 is 1.81 bits per heavy atom. The molecule has 3 heterocycles. The van der Waals surface area contributed by atoms with Crippen LogP contribution >= 0.6 is 0 Å². The van der Waals surface area contributed by atoms with Gasteiger partial charge >= 0.3 is 12.2 Å². The highest BCUT2D eigenvalue weighted by Crippen LogP contribution is 2.34. The number of rotatable bonds is 5. The zero-order chi connectivity index (χ0) is 26.3. The van der Waals surface area contributed by atoms with Gasteiger partial charge in [-0.05, 0) is 37.8 Å². The van der Waals surface area contributed by atoms with Crippen molar-refractivity contribution >= 4 is 34.2 Å². The standard InChI is InChI=1S/C23H19F3N6O5/c24-23(25,26)13-7-16(10-27-9-13)30-11-20(33)31(22(30)34)14-1-4-17(5-2-14)37-21-18-6-3-15(32(35)36)8-19(18)28-12-29-21/h3,6-10,12,14,17H,1-2,4-5,11H2/t14-,17-. The van der Waals surface area contributed by atoms with E-state index in [0.29, 0.717) is 42.8 Å². The Morgan fingerprint density at radius 1 is 1.05 bits per heavy atom.